The SMILES string of the molecule is CN(CCNCC(O)c1ccc(O)c2[nH]c(=O)ccc12)C(=O)CCOCCc1cccc(CN2CCC3(CC2)CN(c2nsc4ccccc24)CCO3)c1. The van der Waals surface area contributed by atoms with Crippen molar-refractivity contribution in [2.75, 3.05) is 77.6 Å². The molecule has 286 valence electrons. The molecular weight excluding hydrogens is 705 g/mol. The monoisotopic (exact) mass is 754 g/mol. The Morgan fingerprint density at radius 1 is 1.06 bits per heavy atom. The molecule has 1 spiro atoms. The number of carbonyl (C=O) groups excluding carboxylic acids is 1. The highest BCUT2D eigenvalue weighted by Gasteiger charge is 2.40. The molecule has 1 unspecified atom stereocenters. The van der Waals surface area contributed by atoms with Gasteiger partial charge in [-0.1, -0.05) is 42.5 Å². The fourth-order valence-corrected chi connectivity index (χ4v) is 8.40. The second-order valence-corrected chi connectivity index (χ2v) is 15.3. The van der Waals surface area contributed by atoms with Crippen molar-refractivity contribution in [3.63, 3.8) is 0 Å². The minimum Gasteiger partial charge on any atom is -0.506 e. The number of phenols is 1. The van der Waals surface area contributed by atoms with Gasteiger partial charge in [-0.05, 0) is 71.8 Å². The molecule has 2 aliphatic heterocycles. The number of piperidine rings is 1. The van der Waals surface area contributed by atoms with Crippen LogP contribution < -0.4 is 15.8 Å². The molecule has 7 rings (SSSR count). The molecule has 2 aliphatic rings. The quantitative estimate of drug-likeness (QED) is 0.113. The fraction of sp³-hybridized carbons (Fsp3) is 0.439. The van der Waals surface area contributed by atoms with Crippen molar-refractivity contribution in [1.29, 1.82) is 0 Å². The minimum absolute atomic E-state index is 0.000832. The zero-order valence-corrected chi connectivity index (χ0v) is 31.7. The summed E-state index contributed by atoms with van der Waals surface area (Å²) in [4.78, 5) is 33.6. The van der Waals surface area contributed by atoms with Crippen LogP contribution in [0.5, 0.6) is 5.75 Å². The van der Waals surface area contributed by atoms with Gasteiger partial charge in [-0.15, -0.1) is 0 Å². The number of benzene rings is 3. The first-order valence-electron chi connectivity index (χ1n) is 18.9. The number of aliphatic hydroxyl groups is 1. The Morgan fingerprint density at radius 2 is 1.89 bits per heavy atom. The zero-order valence-electron chi connectivity index (χ0n) is 30.8. The summed E-state index contributed by atoms with van der Waals surface area (Å²) in [6.45, 7) is 7.56. The number of carbonyl (C=O) groups is 1. The van der Waals surface area contributed by atoms with E-state index in [9.17, 15) is 19.8 Å². The average molecular weight is 755 g/mol. The van der Waals surface area contributed by atoms with Crippen LogP contribution in [-0.4, -0.2) is 114 Å². The summed E-state index contributed by atoms with van der Waals surface area (Å²) in [5.74, 6) is 1.05. The van der Waals surface area contributed by atoms with Crippen molar-refractivity contribution in [1.82, 2.24) is 24.5 Å². The van der Waals surface area contributed by atoms with Crippen LogP contribution in [0.3, 0.4) is 0 Å². The minimum atomic E-state index is -0.855. The van der Waals surface area contributed by atoms with E-state index in [0.717, 1.165) is 64.4 Å². The van der Waals surface area contributed by atoms with Crippen molar-refractivity contribution in [2.24, 2.45) is 0 Å². The number of nitrogens with one attached hydrogen (secondary N) is 2. The number of morpholine rings is 1. The van der Waals surface area contributed by atoms with Crippen LogP contribution >= 0.6 is 11.5 Å². The molecule has 5 aromatic rings. The van der Waals surface area contributed by atoms with Crippen LogP contribution in [0.25, 0.3) is 21.0 Å². The van der Waals surface area contributed by atoms with E-state index in [1.807, 2.05) is 0 Å². The second kappa shape index (κ2) is 17.4. The van der Waals surface area contributed by atoms with Gasteiger partial charge < -0.3 is 39.8 Å². The van der Waals surface area contributed by atoms with Crippen molar-refractivity contribution in [3.8, 4) is 5.75 Å². The van der Waals surface area contributed by atoms with Crippen LogP contribution in [0.1, 0.15) is 42.1 Å². The van der Waals surface area contributed by atoms with Gasteiger partial charge in [0, 0.05) is 76.2 Å². The predicted octanol–water partition coefficient (Wildman–Crippen LogP) is 4.45. The molecule has 13 heteroatoms. The summed E-state index contributed by atoms with van der Waals surface area (Å²) in [5, 5.41) is 25.8. The normalized spacial score (nSPS) is 16.7. The number of rotatable bonds is 15. The maximum atomic E-state index is 12.7. The number of ether oxygens (including phenoxy) is 2. The molecule has 0 saturated carbocycles. The number of likely N-dealkylation sites (N-methyl/N-ethyl adjacent to an activating group) is 1. The van der Waals surface area contributed by atoms with Crippen LogP contribution in [0, 0.1) is 0 Å². The molecule has 4 heterocycles. The number of hydrogen-bond acceptors (Lipinski definition) is 11. The van der Waals surface area contributed by atoms with Crippen LogP contribution in [0.2, 0.25) is 0 Å². The van der Waals surface area contributed by atoms with Crippen LogP contribution in [0.4, 0.5) is 5.82 Å². The maximum Gasteiger partial charge on any atom is 0.248 e. The largest absolute Gasteiger partial charge is 0.506 e. The highest BCUT2D eigenvalue weighted by atomic mass is 32.1. The number of likely N-dealkylation sites (tertiary alicyclic amines) is 1. The Kier molecular flexibility index (Phi) is 12.2. The Morgan fingerprint density at radius 3 is 2.76 bits per heavy atom. The number of hydrogen-bond donors (Lipinski definition) is 4. The van der Waals surface area contributed by atoms with Crippen molar-refractivity contribution < 1.29 is 24.5 Å². The summed E-state index contributed by atoms with van der Waals surface area (Å²) in [6.07, 6.45) is 2.25. The van der Waals surface area contributed by atoms with Gasteiger partial charge in [0.25, 0.3) is 0 Å². The topological polar surface area (TPSA) is 143 Å². The highest BCUT2D eigenvalue weighted by molar-refractivity contribution is 7.13. The first-order chi connectivity index (χ1) is 26.3. The zero-order chi connectivity index (χ0) is 37.5. The number of phenolic OH excluding ortho intramolecular Hbond substituents is 1. The third kappa shape index (κ3) is 9.11. The van der Waals surface area contributed by atoms with E-state index >= 15 is 0 Å². The number of aliphatic hydroxyl groups excluding tert-OH is 1. The summed E-state index contributed by atoms with van der Waals surface area (Å²) in [7, 11) is 1.76. The molecule has 2 aromatic heterocycles. The standard InChI is InChI=1S/C41H50N6O6S/c1-45(20-17-42-26-35(49)31-9-11-34(48)39-32(31)10-12-37(50)43-39)38(51)14-23-52-22-13-29-5-4-6-30(25-29)27-46-18-15-41(16-19-46)28-47(21-24-53-41)40-33-7-2-3-8-36(33)54-44-40/h2-12,25,35,42,48-49H,13-24,26-28H2,1H3,(H,43,50). The fourth-order valence-electron chi connectivity index (χ4n) is 7.60. The lowest BCUT2D eigenvalue weighted by Gasteiger charge is -2.47. The van der Waals surface area contributed by atoms with Gasteiger partial charge in [-0.3, -0.25) is 14.5 Å². The predicted molar refractivity (Wildman–Crippen MR) is 212 cm³/mol. The first-order valence-corrected chi connectivity index (χ1v) is 19.6. The number of amides is 1. The van der Waals surface area contributed by atoms with Crippen LogP contribution in [-0.2, 0) is 27.2 Å². The molecule has 2 fully saturated rings. The van der Waals surface area contributed by atoms with Crippen LogP contribution in [0.15, 0.2) is 77.6 Å². The third-order valence-electron chi connectivity index (χ3n) is 10.7. The number of aromatic nitrogens is 2. The van der Waals surface area contributed by atoms with Crippen molar-refractivity contribution in [2.45, 2.75) is 43.9 Å². The number of aromatic hydroxyl groups is 1. The number of H-pyrrole nitrogens is 1. The molecule has 4 N–H and O–H groups in total. The van der Waals surface area contributed by atoms with Gasteiger partial charge in [-0.25, -0.2) is 0 Å². The van der Waals surface area contributed by atoms with E-state index < -0.39 is 6.10 Å². The van der Waals surface area contributed by atoms with E-state index in [2.05, 4.69) is 68.6 Å². The molecule has 12 nitrogen and oxygen atoms in total. The summed E-state index contributed by atoms with van der Waals surface area (Å²) in [5.41, 5.74) is 2.98. The summed E-state index contributed by atoms with van der Waals surface area (Å²) < 4.78 is 18.4. The molecule has 0 bridgehead atoms. The third-order valence-corrected chi connectivity index (χ3v) is 11.5. The summed E-state index contributed by atoms with van der Waals surface area (Å²) in [6, 6.07) is 23.3. The molecule has 3 aromatic carbocycles. The Bertz CT molecular complexity index is 2100. The van der Waals surface area contributed by atoms with Gasteiger partial charge >= 0.3 is 0 Å². The van der Waals surface area contributed by atoms with E-state index in [0.29, 0.717) is 49.2 Å². The lowest BCUT2D eigenvalue weighted by molar-refractivity contribution is -0.131. The maximum absolute atomic E-state index is 12.7. The molecular formula is C41H50N6O6S. The smallest absolute Gasteiger partial charge is 0.248 e. The first kappa shape index (κ1) is 37.9. The van der Waals surface area contributed by atoms with E-state index in [4.69, 9.17) is 13.8 Å². The van der Waals surface area contributed by atoms with Gasteiger partial charge in [0.2, 0.25) is 11.5 Å². The van der Waals surface area contributed by atoms with Gasteiger partial charge in [-0.2, -0.15) is 4.37 Å². The average Bonchev–Trinajstić information content (AvgIpc) is 3.62. The Hall–Kier alpha value is -4.37. The number of fused-ring (bicyclic) bond motifs is 2. The molecule has 54 heavy (non-hydrogen) atoms. The van der Waals surface area contributed by atoms with Gasteiger partial charge in [0.05, 0.1) is 48.2 Å². The number of anilines is 1. The summed E-state index contributed by atoms with van der Waals surface area (Å²) >= 11 is 1.58. The van der Waals surface area contributed by atoms with Gasteiger partial charge in [0.1, 0.15) is 11.6 Å². The molecule has 0 aliphatic carbocycles. The van der Waals surface area contributed by atoms with E-state index in [1.165, 1.54) is 33.3 Å². The lowest BCUT2D eigenvalue weighted by Crippen LogP contribution is -2.57. The molecule has 1 atom stereocenters. The molecule has 1 amide bonds. The van der Waals surface area contributed by atoms with E-state index in [-0.39, 0.29) is 29.4 Å². The number of pyridine rings is 1. The molecule has 0 radical (unpaired) electrons. The second-order valence-electron chi connectivity index (χ2n) is 14.5. The molecule has 2 saturated heterocycles. The Balaban J connectivity index is 0.779. The van der Waals surface area contributed by atoms with Crippen molar-refractivity contribution in [3.05, 3.63) is 99.8 Å². The number of nitrogens with zero attached hydrogens (tertiary/aromatic N) is 4. The Labute approximate surface area is 319 Å². The van der Waals surface area contributed by atoms with Gasteiger partial charge in [0.15, 0.2) is 0 Å². The van der Waals surface area contributed by atoms with E-state index in [1.54, 1.807) is 35.6 Å². The highest BCUT2D eigenvalue weighted by Crippen LogP contribution is 2.36. The number of aromatic amines is 1. The van der Waals surface area contributed by atoms with Crippen molar-refractivity contribution >= 4 is 44.2 Å². The lowest BCUT2D eigenvalue weighted by atomic mass is 9.89.